The highest BCUT2D eigenvalue weighted by Crippen LogP contribution is 2.36. The molecule has 0 saturated carbocycles. The van der Waals surface area contributed by atoms with Gasteiger partial charge in [0, 0.05) is 24.2 Å². The molecule has 0 unspecified atom stereocenters. The minimum atomic E-state index is -0.0205. The van der Waals surface area contributed by atoms with Gasteiger partial charge in [-0.3, -0.25) is 9.69 Å². The molecule has 1 aromatic carbocycles. The van der Waals surface area contributed by atoms with E-state index in [1.165, 1.54) is 11.8 Å². The summed E-state index contributed by atoms with van der Waals surface area (Å²) >= 11 is 1.43. The average Bonchev–Trinajstić information content (AvgIpc) is 3.51. The second kappa shape index (κ2) is 9.37. The van der Waals surface area contributed by atoms with Crippen LogP contribution in [0.4, 0.5) is 5.69 Å². The van der Waals surface area contributed by atoms with Crippen molar-refractivity contribution in [2.45, 2.75) is 32.8 Å². The van der Waals surface area contributed by atoms with Crippen molar-refractivity contribution in [2.24, 2.45) is 4.99 Å². The van der Waals surface area contributed by atoms with Crippen LogP contribution in [0.1, 0.15) is 29.8 Å². The lowest BCUT2D eigenvalue weighted by atomic mass is 10.2. The second-order valence-corrected chi connectivity index (χ2v) is 9.25. The summed E-state index contributed by atoms with van der Waals surface area (Å²) in [7, 11) is 0. The number of hydrogen-bond acceptors (Lipinski definition) is 5. The molecule has 2 aromatic heterocycles. The Kier molecular flexibility index (Phi) is 6.15. The van der Waals surface area contributed by atoms with Gasteiger partial charge in [-0.2, -0.15) is 0 Å². The summed E-state index contributed by atoms with van der Waals surface area (Å²) in [6.45, 7) is 5.40. The first kappa shape index (κ1) is 21.7. The number of carbonyl (C=O) groups excluding carboxylic acids is 1. The van der Waals surface area contributed by atoms with Gasteiger partial charge in [0.05, 0.1) is 23.2 Å². The number of aromatic nitrogens is 2. The van der Waals surface area contributed by atoms with E-state index in [2.05, 4.69) is 29.5 Å². The van der Waals surface area contributed by atoms with Gasteiger partial charge in [0.25, 0.3) is 5.91 Å². The smallest absolute Gasteiger partial charge is 0.266 e. The lowest BCUT2D eigenvalue weighted by Gasteiger charge is -2.19. The van der Waals surface area contributed by atoms with E-state index >= 15 is 0 Å². The number of aliphatic imine (C=N–C) groups is 1. The van der Waals surface area contributed by atoms with E-state index in [1.54, 1.807) is 11.1 Å². The number of thioether (sulfide) groups is 1. The Hall–Kier alpha value is -3.16. The minimum absolute atomic E-state index is 0.0205. The third kappa shape index (κ3) is 4.51. The first-order valence-corrected chi connectivity index (χ1v) is 12.0. The number of benzene rings is 1. The average molecular weight is 459 g/mol. The van der Waals surface area contributed by atoms with E-state index in [-0.39, 0.29) is 12.0 Å². The predicted molar refractivity (Wildman–Crippen MR) is 133 cm³/mol. The molecule has 1 amide bonds. The molecule has 5 rings (SSSR count). The van der Waals surface area contributed by atoms with Crippen LogP contribution in [0.3, 0.4) is 0 Å². The highest BCUT2D eigenvalue weighted by molar-refractivity contribution is 8.18. The SMILES string of the molecule is Cc1cc(/C=C2\SC(=Nc3ccccc3)N(C[C@H]3CCCO3)C2=O)c(C)n1-c1ccccn1. The summed E-state index contributed by atoms with van der Waals surface area (Å²) < 4.78 is 7.93. The van der Waals surface area contributed by atoms with Crippen molar-refractivity contribution in [3.63, 3.8) is 0 Å². The zero-order valence-corrected chi connectivity index (χ0v) is 19.6. The molecule has 0 N–H and O–H groups in total. The number of pyridine rings is 1. The Morgan fingerprint density at radius 1 is 1.18 bits per heavy atom. The number of amides is 1. The molecule has 0 spiro atoms. The van der Waals surface area contributed by atoms with Crippen LogP contribution in [0.15, 0.2) is 70.7 Å². The van der Waals surface area contributed by atoms with Crippen molar-refractivity contribution in [1.82, 2.24) is 14.5 Å². The Labute approximate surface area is 198 Å². The third-order valence-electron chi connectivity index (χ3n) is 5.91. The summed E-state index contributed by atoms with van der Waals surface area (Å²) in [4.78, 5) is 25.2. The van der Waals surface area contributed by atoms with Gasteiger partial charge in [-0.05, 0) is 80.4 Å². The van der Waals surface area contributed by atoms with Crippen molar-refractivity contribution in [1.29, 1.82) is 0 Å². The predicted octanol–water partition coefficient (Wildman–Crippen LogP) is 5.27. The summed E-state index contributed by atoms with van der Waals surface area (Å²) in [6, 6.07) is 17.7. The molecule has 7 heteroatoms. The van der Waals surface area contributed by atoms with Crippen LogP contribution in [0.25, 0.3) is 11.9 Å². The van der Waals surface area contributed by atoms with E-state index in [4.69, 9.17) is 9.73 Å². The van der Waals surface area contributed by atoms with Crippen molar-refractivity contribution >= 4 is 34.6 Å². The number of amidine groups is 1. The fourth-order valence-corrected chi connectivity index (χ4v) is 5.27. The number of rotatable bonds is 5. The molecular formula is C26H26N4O2S. The molecule has 3 aromatic rings. The molecule has 0 radical (unpaired) electrons. The van der Waals surface area contributed by atoms with Crippen molar-refractivity contribution in [3.05, 3.63) is 82.7 Å². The summed E-state index contributed by atoms with van der Waals surface area (Å²) in [5.41, 5.74) is 3.96. The number of hydrogen-bond donors (Lipinski definition) is 0. The van der Waals surface area contributed by atoms with Crippen LogP contribution < -0.4 is 0 Å². The van der Waals surface area contributed by atoms with Crippen molar-refractivity contribution in [2.75, 3.05) is 13.2 Å². The number of ether oxygens (including phenoxy) is 1. The highest BCUT2D eigenvalue weighted by Gasteiger charge is 2.36. The zero-order valence-electron chi connectivity index (χ0n) is 18.8. The molecule has 2 aliphatic heterocycles. The maximum atomic E-state index is 13.5. The molecule has 6 nitrogen and oxygen atoms in total. The summed E-state index contributed by atoms with van der Waals surface area (Å²) in [6.07, 6.45) is 5.83. The summed E-state index contributed by atoms with van der Waals surface area (Å²) in [5.74, 6) is 0.849. The molecule has 0 aliphatic carbocycles. The molecule has 2 fully saturated rings. The molecule has 2 aliphatic rings. The van der Waals surface area contributed by atoms with Gasteiger partial charge in [0.2, 0.25) is 0 Å². The van der Waals surface area contributed by atoms with Gasteiger partial charge in [-0.25, -0.2) is 9.98 Å². The van der Waals surface area contributed by atoms with Crippen LogP contribution in [0.5, 0.6) is 0 Å². The van der Waals surface area contributed by atoms with Crippen LogP contribution in [-0.4, -0.2) is 44.8 Å². The molecular weight excluding hydrogens is 432 g/mol. The third-order valence-corrected chi connectivity index (χ3v) is 6.92. The van der Waals surface area contributed by atoms with E-state index in [9.17, 15) is 4.79 Å². The Balaban J connectivity index is 1.49. The maximum Gasteiger partial charge on any atom is 0.266 e. The van der Waals surface area contributed by atoms with E-state index in [1.807, 2.05) is 54.6 Å². The van der Waals surface area contributed by atoms with Gasteiger partial charge in [-0.15, -0.1) is 0 Å². The Morgan fingerprint density at radius 2 is 2.00 bits per heavy atom. The van der Waals surface area contributed by atoms with Gasteiger partial charge in [0.15, 0.2) is 5.17 Å². The largest absolute Gasteiger partial charge is 0.376 e. The zero-order chi connectivity index (χ0) is 22.8. The van der Waals surface area contributed by atoms with Gasteiger partial charge >= 0.3 is 0 Å². The lowest BCUT2D eigenvalue weighted by Crippen LogP contribution is -2.36. The standard InChI is InChI=1S/C26H26N4O2S/c1-18-15-20(19(2)30(18)24-12-6-7-13-27-24)16-23-25(31)29(17-22-11-8-14-32-22)26(33-23)28-21-9-4-3-5-10-21/h3-7,9-10,12-13,15-16,22H,8,11,14,17H2,1-2H3/b23-16-,28-26?/t22-/m1/s1. The number of aryl methyl sites for hydroxylation is 1. The molecule has 33 heavy (non-hydrogen) atoms. The fourth-order valence-electron chi connectivity index (χ4n) is 4.27. The number of nitrogens with zero attached hydrogens (tertiary/aromatic N) is 4. The number of carbonyl (C=O) groups is 1. The topological polar surface area (TPSA) is 59.7 Å². The Bertz CT molecular complexity index is 1210. The quantitative estimate of drug-likeness (QED) is 0.489. The first-order chi connectivity index (χ1) is 16.1. The second-order valence-electron chi connectivity index (χ2n) is 8.24. The monoisotopic (exact) mass is 458 g/mol. The van der Waals surface area contributed by atoms with Gasteiger partial charge in [0.1, 0.15) is 5.82 Å². The fraction of sp³-hybridized carbons (Fsp3) is 0.269. The van der Waals surface area contributed by atoms with Crippen molar-refractivity contribution < 1.29 is 9.53 Å². The molecule has 1 atom stereocenters. The summed E-state index contributed by atoms with van der Waals surface area (Å²) in [5, 5.41) is 0.700. The first-order valence-electron chi connectivity index (χ1n) is 11.2. The van der Waals surface area contributed by atoms with Crippen LogP contribution in [0.2, 0.25) is 0 Å². The van der Waals surface area contributed by atoms with Gasteiger partial charge < -0.3 is 9.30 Å². The molecule has 4 heterocycles. The Morgan fingerprint density at radius 3 is 2.73 bits per heavy atom. The molecule has 168 valence electrons. The minimum Gasteiger partial charge on any atom is -0.376 e. The van der Waals surface area contributed by atoms with E-state index < -0.39 is 0 Å². The molecule has 2 saturated heterocycles. The lowest BCUT2D eigenvalue weighted by molar-refractivity contribution is -0.123. The molecule has 0 bridgehead atoms. The normalized spacial score (nSPS) is 21.0. The van der Waals surface area contributed by atoms with Crippen LogP contribution >= 0.6 is 11.8 Å². The van der Waals surface area contributed by atoms with E-state index in [0.29, 0.717) is 16.6 Å². The number of para-hydroxylation sites is 1. The highest BCUT2D eigenvalue weighted by atomic mass is 32.2. The van der Waals surface area contributed by atoms with E-state index in [0.717, 1.165) is 47.9 Å². The van der Waals surface area contributed by atoms with Crippen LogP contribution in [0, 0.1) is 13.8 Å². The maximum absolute atomic E-state index is 13.5. The van der Waals surface area contributed by atoms with Gasteiger partial charge in [-0.1, -0.05) is 24.3 Å². The van der Waals surface area contributed by atoms with Crippen LogP contribution in [-0.2, 0) is 9.53 Å². The van der Waals surface area contributed by atoms with Crippen molar-refractivity contribution in [3.8, 4) is 5.82 Å².